The van der Waals surface area contributed by atoms with E-state index in [1.165, 1.54) is 4.90 Å². The summed E-state index contributed by atoms with van der Waals surface area (Å²) in [6.45, 7) is -1.62. The lowest BCUT2D eigenvalue weighted by atomic mass is 9.30. The van der Waals surface area contributed by atoms with Gasteiger partial charge in [-0.1, -0.05) is 11.6 Å². The number of tetrazole rings is 1. The summed E-state index contributed by atoms with van der Waals surface area (Å²) in [6, 6.07) is 2.02. The Labute approximate surface area is 195 Å². The largest absolute Gasteiger partial charge is 0.401 e. The number of hydrogen-bond acceptors (Lipinski definition) is 5. The summed E-state index contributed by atoms with van der Waals surface area (Å²) < 4.78 is 99.2. The van der Waals surface area contributed by atoms with E-state index in [1.807, 2.05) is 0 Å². The number of halogens is 7. The van der Waals surface area contributed by atoms with Gasteiger partial charge in [-0.2, -0.15) is 13.2 Å². The van der Waals surface area contributed by atoms with Gasteiger partial charge >= 0.3 is 6.18 Å². The third-order valence-corrected chi connectivity index (χ3v) is 7.75. The third kappa shape index (κ3) is 3.74. The monoisotopic (exact) mass is 505 g/mol. The molecule has 6 rings (SSSR count). The van der Waals surface area contributed by atoms with Crippen LogP contribution in [0.5, 0.6) is 0 Å². The molecule has 1 aliphatic heterocycles. The van der Waals surface area contributed by atoms with Crippen LogP contribution in [0.3, 0.4) is 0 Å². The second-order valence-electron chi connectivity index (χ2n) is 9.99. The average Bonchev–Trinajstić information content (AvgIpc) is 3.18. The Kier molecular flexibility index (Phi) is 5.34. The summed E-state index contributed by atoms with van der Waals surface area (Å²) in [5.41, 5.74) is -5.17. The molecule has 1 aromatic heterocycles. The molecule has 2 bridgehead atoms. The van der Waals surface area contributed by atoms with Crippen molar-refractivity contribution in [3.8, 4) is 0 Å². The summed E-state index contributed by atoms with van der Waals surface area (Å²) in [5.74, 6) is -6.14. The SMILES string of the molecule is O[C@@](Cn1cnnn1)(c1ccc(F)cc1F)C(F)(F)C12CC(C3=CCN(CC(F)(F)F)CC3)(C1)C2. The Bertz CT molecular complexity index is 1130. The van der Waals surface area contributed by atoms with Crippen molar-refractivity contribution >= 4 is 0 Å². The normalized spacial score (nSPS) is 28.6. The summed E-state index contributed by atoms with van der Waals surface area (Å²) in [7, 11) is 0. The second kappa shape index (κ2) is 7.73. The smallest absolute Gasteiger partial charge is 0.377 e. The molecule has 0 spiro atoms. The maximum atomic E-state index is 16.1. The molecule has 35 heavy (non-hydrogen) atoms. The molecule has 13 heteroatoms. The first-order valence-corrected chi connectivity index (χ1v) is 11.0. The second-order valence-corrected chi connectivity index (χ2v) is 9.99. The molecular weight excluding hydrogens is 483 g/mol. The molecule has 0 radical (unpaired) electrons. The van der Waals surface area contributed by atoms with Crippen molar-refractivity contribution in [1.29, 1.82) is 0 Å². The van der Waals surface area contributed by atoms with Crippen molar-refractivity contribution in [3.63, 3.8) is 0 Å². The van der Waals surface area contributed by atoms with E-state index in [2.05, 4.69) is 15.5 Å². The summed E-state index contributed by atoms with van der Waals surface area (Å²) in [6.07, 6.45) is -1.24. The first-order valence-electron chi connectivity index (χ1n) is 11.0. The number of aliphatic hydroxyl groups is 1. The number of aromatic nitrogens is 4. The van der Waals surface area contributed by atoms with Gasteiger partial charge in [0, 0.05) is 30.1 Å². The van der Waals surface area contributed by atoms with Crippen molar-refractivity contribution in [2.45, 2.75) is 49.9 Å². The highest BCUT2D eigenvalue weighted by molar-refractivity contribution is 5.39. The van der Waals surface area contributed by atoms with Gasteiger partial charge in [0.15, 0.2) is 5.60 Å². The van der Waals surface area contributed by atoms with Crippen molar-refractivity contribution in [3.05, 3.63) is 53.4 Å². The van der Waals surface area contributed by atoms with E-state index in [1.54, 1.807) is 6.08 Å². The van der Waals surface area contributed by atoms with Crippen LogP contribution in [0.15, 0.2) is 36.2 Å². The quantitative estimate of drug-likeness (QED) is 0.458. The fourth-order valence-electron chi connectivity index (χ4n) is 6.16. The fourth-order valence-corrected chi connectivity index (χ4v) is 6.16. The molecule has 4 aliphatic rings. The molecule has 3 fully saturated rings. The van der Waals surface area contributed by atoms with E-state index in [9.17, 15) is 27.1 Å². The molecule has 0 saturated heterocycles. The van der Waals surface area contributed by atoms with Crippen LogP contribution in [0.4, 0.5) is 30.7 Å². The van der Waals surface area contributed by atoms with Crippen LogP contribution in [0, 0.1) is 22.5 Å². The fraction of sp³-hybridized carbons (Fsp3) is 0.591. The van der Waals surface area contributed by atoms with Crippen LogP contribution in [-0.4, -0.2) is 61.9 Å². The predicted molar refractivity (Wildman–Crippen MR) is 107 cm³/mol. The van der Waals surface area contributed by atoms with Crippen molar-refractivity contribution in [2.75, 3.05) is 19.6 Å². The number of nitrogens with zero attached hydrogens (tertiary/aromatic N) is 5. The third-order valence-electron chi connectivity index (χ3n) is 7.75. The molecule has 1 atom stereocenters. The maximum Gasteiger partial charge on any atom is 0.401 e. The molecule has 1 N–H and O–H groups in total. The summed E-state index contributed by atoms with van der Waals surface area (Å²) in [5, 5.41) is 21.6. The van der Waals surface area contributed by atoms with Gasteiger partial charge in [0.05, 0.1) is 13.1 Å². The van der Waals surface area contributed by atoms with Gasteiger partial charge in [-0.05, 0) is 53.7 Å². The van der Waals surface area contributed by atoms with E-state index in [4.69, 9.17) is 0 Å². The van der Waals surface area contributed by atoms with Crippen LogP contribution >= 0.6 is 0 Å². The van der Waals surface area contributed by atoms with Gasteiger partial charge in [0.25, 0.3) is 5.92 Å². The molecule has 2 aromatic rings. The highest BCUT2D eigenvalue weighted by Gasteiger charge is 2.82. The lowest BCUT2D eigenvalue weighted by molar-refractivity contribution is -0.361. The lowest BCUT2D eigenvalue weighted by Crippen LogP contribution is -2.75. The van der Waals surface area contributed by atoms with Crippen molar-refractivity contribution in [2.24, 2.45) is 10.8 Å². The summed E-state index contributed by atoms with van der Waals surface area (Å²) >= 11 is 0. The molecule has 1 aromatic carbocycles. The van der Waals surface area contributed by atoms with Gasteiger partial charge in [0.1, 0.15) is 18.0 Å². The minimum absolute atomic E-state index is 0.0127. The van der Waals surface area contributed by atoms with Gasteiger partial charge in [-0.3, -0.25) is 4.90 Å². The number of alkyl halides is 5. The van der Waals surface area contributed by atoms with Gasteiger partial charge in [0.2, 0.25) is 0 Å². The van der Waals surface area contributed by atoms with Gasteiger partial charge < -0.3 is 5.11 Å². The molecule has 3 aliphatic carbocycles. The summed E-state index contributed by atoms with van der Waals surface area (Å²) in [4.78, 5) is 1.25. The van der Waals surface area contributed by atoms with Crippen molar-refractivity contribution < 1.29 is 35.8 Å². The van der Waals surface area contributed by atoms with E-state index in [0.29, 0.717) is 12.5 Å². The van der Waals surface area contributed by atoms with E-state index >= 15 is 8.78 Å². The first kappa shape index (κ1) is 24.2. The lowest BCUT2D eigenvalue weighted by Gasteiger charge is -2.75. The zero-order valence-electron chi connectivity index (χ0n) is 18.4. The van der Waals surface area contributed by atoms with Crippen LogP contribution in [-0.2, 0) is 12.1 Å². The van der Waals surface area contributed by atoms with Crippen LogP contribution in [0.2, 0.25) is 0 Å². The molecule has 2 heterocycles. The highest BCUT2D eigenvalue weighted by Crippen LogP contribution is 2.82. The minimum atomic E-state index is -4.31. The Hall–Kier alpha value is -2.54. The molecule has 0 unspecified atom stereocenters. The van der Waals surface area contributed by atoms with E-state index in [-0.39, 0.29) is 32.4 Å². The van der Waals surface area contributed by atoms with E-state index in [0.717, 1.165) is 28.7 Å². The number of rotatable bonds is 7. The Morgan fingerprint density at radius 2 is 1.74 bits per heavy atom. The first-order chi connectivity index (χ1) is 16.3. The van der Waals surface area contributed by atoms with Crippen LogP contribution in [0.25, 0.3) is 0 Å². The zero-order chi connectivity index (χ0) is 25.3. The van der Waals surface area contributed by atoms with Gasteiger partial charge in [-0.15, -0.1) is 5.10 Å². The van der Waals surface area contributed by atoms with E-state index < -0.39 is 58.8 Å². The maximum absolute atomic E-state index is 16.1. The van der Waals surface area contributed by atoms with Crippen molar-refractivity contribution in [1.82, 2.24) is 25.1 Å². The molecule has 6 nitrogen and oxygen atoms in total. The number of benzene rings is 1. The van der Waals surface area contributed by atoms with Gasteiger partial charge in [-0.25, -0.2) is 22.2 Å². The average molecular weight is 505 g/mol. The Morgan fingerprint density at radius 1 is 1.03 bits per heavy atom. The molecule has 0 amide bonds. The predicted octanol–water partition coefficient (Wildman–Crippen LogP) is 3.84. The molecular formula is C22H22F7N5O. The molecule has 3 saturated carbocycles. The number of hydrogen-bond donors (Lipinski definition) is 1. The highest BCUT2D eigenvalue weighted by atomic mass is 19.4. The standard InChI is InChI=1S/C22H22F7N5O/c23-15-1-2-16(17(24)7-15)20(35,11-34-13-30-31-32-34)22(28,29)19-8-18(9-19,10-19)14-3-5-33(6-4-14)12-21(25,26)27/h1-3,7,13,35H,4-6,8-12H2/t18?,19?,20-/m0/s1. The van der Waals surface area contributed by atoms with Crippen LogP contribution < -0.4 is 0 Å². The Morgan fingerprint density at radius 3 is 2.29 bits per heavy atom. The zero-order valence-corrected chi connectivity index (χ0v) is 18.4. The minimum Gasteiger partial charge on any atom is -0.377 e. The Balaban J connectivity index is 1.39. The van der Waals surface area contributed by atoms with Crippen LogP contribution in [0.1, 0.15) is 31.2 Å². The molecule has 190 valence electrons. The topological polar surface area (TPSA) is 67.1 Å².